The first kappa shape index (κ1) is 23.1. The molecule has 0 atom stereocenters. The molecule has 1 aliphatic rings. The minimum absolute atomic E-state index is 0.0173. The number of rotatable bonds is 8. The third-order valence-electron chi connectivity index (χ3n) is 4.76. The van der Waals surface area contributed by atoms with Gasteiger partial charge in [0.1, 0.15) is 0 Å². The van der Waals surface area contributed by atoms with Crippen LogP contribution in [0.2, 0.25) is 5.02 Å². The van der Waals surface area contributed by atoms with Crippen LogP contribution in [0.1, 0.15) is 37.1 Å². The van der Waals surface area contributed by atoms with E-state index in [4.69, 9.17) is 16.6 Å². The van der Waals surface area contributed by atoms with Crippen molar-refractivity contribution in [2.24, 2.45) is 0 Å². The van der Waals surface area contributed by atoms with Crippen molar-refractivity contribution in [3.63, 3.8) is 0 Å². The molecule has 0 spiro atoms. The Morgan fingerprint density at radius 2 is 1.91 bits per heavy atom. The van der Waals surface area contributed by atoms with Crippen molar-refractivity contribution in [3.05, 3.63) is 40.5 Å². The fraction of sp³-hybridized carbons (Fsp3) is 0.350. The highest BCUT2D eigenvalue weighted by molar-refractivity contribution is 7.92. The first-order valence-corrected chi connectivity index (χ1v) is 14.7. The lowest BCUT2D eigenvalue weighted by molar-refractivity contribution is 0.592. The van der Waals surface area contributed by atoms with Crippen LogP contribution in [0.15, 0.2) is 35.6 Å². The highest BCUT2D eigenvalue weighted by atomic mass is 35.5. The van der Waals surface area contributed by atoms with Gasteiger partial charge in [-0.05, 0) is 31.4 Å². The summed E-state index contributed by atoms with van der Waals surface area (Å²) in [6.45, 7) is 1.78. The quantitative estimate of drug-likeness (QED) is 0.445. The molecule has 170 valence electrons. The minimum Gasteiger partial charge on any atom is -0.282 e. The fourth-order valence-electron chi connectivity index (χ4n) is 3.12. The lowest BCUT2D eigenvalue weighted by atomic mass is 10.1. The molecule has 1 fully saturated rings. The highest BCUT2D eigenvalue weighted by Gasteiger charge is 2.30. The maximum absolute atomic E-state index is 12.3. The van der Waals surface area contributed by atoms with E-state index in [1.807, 2.05) is 0 Å². The van der Waals surface area contributed by atoms with Gasteiger partial charge >= 0.3 is 0 Å². The number of nitrogens with one attached hydrogen (secondary N) is 1. The van der Waals surface area contributed by atoms with E-state index in [2.05, 4.69) is 14.7 Å². The van der Waals surface area contributed by atoms with Crippen LogP contribution >= 0.6 is 22.9 Å². The summed E-state index contributed by atoms with van der Waals surface area (Å²) in [7, 11) is -7.12. The maximum Gasteiger partial charge on any atom is 0.247 e. The zero-order chi connectivity index (χ0) is 23.1. The Labute approximate surface area is 196 Å². The second-order valence-corrected chi connectivity index (χ2v) is 12.7. The first-order valence-electron chi connectivity index (χ1n) is 9.92. The van der Waals surface area contributed by atoms with Gasteiger partial charge in [0.25, 0.3) is 0 Å². The average Bonchev–Trinajstić information content (AvgIpc) is 3.48. The van der Waals surface area contributed by atoms with Crippen LogP contribution in [0, 0.1) is 0 Å². The van der Waals surface area contributed by atoms with Gasteiger partial charge in [-0.3, -0.25) is 4.72 Å². The molecule has 1 aliphatic carbocycles. The molecule has 12 heteroatoms. The summed E-state index contributed by atoms with van der Waals surface area (Å²) in [5, 5.41) is 0.871. The molecular formula is C20H21ClN4O4S3. The van der Waals surface area contributed by atoms with E-state index in [1.54, 1.807) is 31.2 Å². The van der Waals surface area contributed by atoms with Crippen molar-refractivity contribution < 1.29 is 16.8 Å². The van der Waals surface area contributed by atoms with E-state index in [-0.39, 0.29) is 21.6 Å². The van der Waals surface area contributed by atoms with E-state index in [1.165, 1.54) is 17.5 Å². The maximum atomic E-state index is 12.3. The Bertz CT molecular complexity index is 1380. The van der Waals surface area contributed by atoms with Crippen LogP contribution < -0.4 is 4.72 Å². The lowest BCUT2D eigenvalue weighted by Crippen LogP contribution is -2.16. The summed E-state index contributed by atoms with van der Waals surface area (Å²) in [6.07, 6.45) is 5.00. The molecular weight excluding hydrogens is 492 g/mol. The number of aromatic nitrogens is 3. The number of nitrogens with zero attached hydrogens (tertiary/aromatic N) is 3. The second-order valence-electron chi connectivity index (χ2n) is 7.59. The predicted octanol–water partition coefficient (Wildman–Crippen LogP) is 4.35. The van der Waals surface area contributed by atoms with Crippen LogP contribution in [0.4, 0.5) is 5.69 Å². The van der Waals surface area contributed by atoms with Gasteiger partial charge in [0, 0.05) is 23.9 Å². The molecule has 32 heavy (non-hydrogen) atoms. The Balaban J connectivity index is 1.84. The molecule has 8 nitrogen and oxygen atoms in total. The molecule has 0 aliphatic heterocycles. The molecule has 2 heterocycles. The zero-order valence-electron chi connectivity index (χ0n) is 17.4. The number of hydrogen-bond acceptors (Lipinski definition) is 8. The molecule has 0 radical (unpaired) electrons. The van der Waals surface area contributed by atoms with Crippen LogP contribution in [0.25, 0.3) is 21.8 Å². The number of hydrogen-bond donors (Lipinski definition) is 1. The number of benzene rings is 1. The van der Waals surface area contributed by atoms with Gasteiger partial charge in [-0.2, -0.15) is 0 Å². The van der Waals surface area contributed by atoms with E-state index in [0.29, 0.717) is 34.2 Å². The van der Waals surface area contributed by atoms with E-state index in [0.717, 1.165) is 24.1 Å². The van der Waals surface area contributed by atoms with Crippen molar-refractivity contribution in [2.75, 3.05) is 16.7 Å². The third-order valence-corrected chi connectivity index (χ3v) is 8.74. The molecule has 1 saturated carbocycles. The van der Waals surface area contributed by atoms with E-state index < -0.39 is 19.9 Å². The standard InChI is InChI=1S/C20H21ClN4O4S3/c1-3-11-32(28,29)25-14-6-4-5-13(16(14)21)17-18(30-19(24-17)12-7-8-12)15-9-10-22-20(23-15)31(2,26)27/h4-6,9-10,12,25H,3,7-8,11H2,1-2H3. The van der Waals surface area contributed by atoms with Crippen molar-refractivity contribution in [3.8, 4) is 21.8 Å². The molecule has 2 aromatic heterocycles. The van der Waals surface area contributed by atoms with E-state index in [9.17, 15) is 16.8 Å². The van der Waals surface area contributed by atoms with Crippen LogP contribution in [0.5, 0.6) is 0 Å². The highest BCUT2D eigenvalue weighted by Crippen LogP contribution is 2.48. The SMILES string of the molecule is CCCS(=O)(=O)Nc1cccc(-c2nc(C3CC3)sc2-c2ccnc(S(C)(=O)=O)n2)c1Cl. The summed E-state index contributed by atoms with van der Waals surface area (Å²) in [6, 6.07) is 6.68. The van der Waals surface area contributed by atoms with Crippen LogP contribution in [-0.2, 0) is 19.9 Å². The summed E-state index contributed by atoms with van der Waals surface area (Å²) in [5.41, 5.74) is 1.77. The molecule has 3 aromatic rings. The number of sulfonamides is 1. The number of thiazole rings is 1. The van der Waals surface area contributed by atoms with Gasteiger partial charge < -0.3 is 0 Å². The van der Waals surface area contributed by atoms with Gasteiger partial charge in [-0.25, -0.2) is 31.8 Å². The summed E-state index contributed by atoms with van der Waals surface area (Å²) >= 11 is 8.07. The van der Waals surface area contributed by atoms with Crippen molar-refractivity contribution in [2.45, 2.75) is 37.3 Å². The van der Waals surface area contributed by atoms with Gasteiger partial charge in [-0.15, -0.1) is 11.3 Å². The van der Waals surface area contributed by atoms with Crippen molar-refractivity contribution >= 4 is 48.5 Å². The minimum atomic E-state index is -3.59. The summed E-state index contributed by atoms with van der Waals surface area (Å²) < 4.78 is 51.0. The normalized spacial score (nSPS) is 14.5. The number of halogens is 1. The molecule has 4 rings (SSSR count). The zero-order valence-corrected chi connectivity index (χ0v) is 20.6. The van der Waals surface area contributed by atoms with Gasteiger partial charge in [0.05, 0.1) is 37.7 Å². The molecule has 1 aromatic carbocycles. The Morgan fingerprint density at radius 1 is 1.16 bits per heavy atom. The largest absolute Gasteiger partial charge is 0.282 e. The average molecular weight is 513 g/mol. The molecule has 0 amide bonds. The monoisotopic (exact) mass is 512 g/mol. The van der Waals surface area contributed by atoms with E-state index >= 15 is 0 Å². The Kier molecular flexibility index (Phi) is 6.27. The second kappa shape index (κ2) is 8.69. The number of anilines is 1. The molecule has 1 N–H and O–H groups in total. The van der Waals surface area contributed by atoms with Crippen LogP contribution in [0.3, 0.4) is 0 Å². The first-order chi connectivity index (χ1) is 15.1. The smallest absolute Gasteiger partial charge is 0.247 e. The number of sulfone groups is 1. The fourth-order valence-corrected chi connectivity index (χ4v) is 6.32. The Hall–Kier alpha value is -2.08. The molecule has 0 bridgehead atoms. The van der Waals surface area contributed by atoms with Gasteiger partial charge in [0.15, 0.2) is 0 Å². The topological polar surface area (TPSA) is 119 Å². The lowest BCUT2D eigenvalue weighted by Gasteiger charge is -2.12. The van der Waals surface area contributed by atoms with Gasteiger partial charge in [0.2, 0.25) is 25.0 Å². The molecule has 0 saturated heterocycles. The Morgan fingerprint density at radius 3 is 2.56 bits per heavy atom. The van der Waals surface area contributed by atoms with Gasteiger partial charge in [-0.1, -0.05) is 30.7 Å². The predicted molar refractivity (Wildman–Crippen MR) is 126 cm³/mol. The van der Waals surface area contributed by atoms with Crippen molar-refractivity contribution in [1.29, 1.82) is 0 Å². The molecule has 0 unspecified atom stereocenters. The van der Waals surface area contributed by atoms with Crippen LogP contribution in [-0.4, -0.2) is 43.8 Å². The third kappa shape index (κ3) is 4.95. The summed E-state index contributed by atoms with van der Waals surface area (Å²) in [4.78, 5) is 13.6. The van der Waals surface area contributed by atoms with Crippen molar-refractivity contribution in [1.82, 2.24) is 15.0 Å². The summed E-state index contributed by atoms with van der Waals surface area (Å²) in [5.74, 6) is 0.338.